The second-order valence-corrected chi connectivity index (χ2v) is 2.20. The monoisotopic (exact) mass is 132 g/mol. The van der Waals surface area contributed by atoms with Crippen molar-refractivity contribution in [3.63, 3.8) is 0 Å². The Bertz CT molecular complexity index is 235. The second-order valence-electron chi connectivity index (χ2n) is 2.20. The van der Waals surface area contributed by atoms with Gasteiger partial charge in [-0.2, -0.15) is 0 Å². The first kappa shape index (κ1) is 7.13. The third-order valence-corrected chi connectivity index (χ3v) is 1.29. The molecule has 0 aliphatic rings. The minimum atomic E-state index is 0.697. The maximum Gasteiger partial charge on any atom is 0.118 e. The highest BCUT2D eigenvalue weighted by Gasteiger charge is 1.94. The first-order valence-electron chi connectivity index (χ1n) is 3.14. The van der Waals surface area contributed by atoms with E-state index in [1.807, 2.05) is 13.0 Å². The first-order valence-corrected chi connectivity index (χ1v) is 3.14. The van der Waals surface area contributed by atoms with E-state index >= 15 is 0 Å². The van der Waals surface area contributed by atoms with Gasteiger partial charge in [-0.1, -0.05) is 11.5 Å². The van der Waals surface area contributed by atoms with Gasteiger partial charge in [0.2, 0.25) is 0 Å². The summed E-state index contributed by atoms with van der Waals surface area (Å²) >= 11 is 0. The Balaban J connectivity index is 3.07. The van der Waals surface area contributed by atoms with Crippen molar-refractivity contribution in [3.8, 4) is 0 Å². The molecule has 10 heavy (non-hydrogen) atoms. The fourth-order valence-corrected chi connectivity index (χ4v) is 0.801. The zero-order valence-corrected chi connectivity index (χ0v) is 6.18. The van der Waals surface area contributed by atoms with Gasteiger partial charge >= 0.3 is 0 Å². The summed E-state index contributed by atoms with van der Waals surface area (Å²) in [5.41, 5.74) is 1.78. The van der Waals surface area contributed by atoms with Gasteiger partial charge in [-0.15, -0.1) is 0 Å². The molecule has 2 nitrogen and oxygen atoms in total. The van der Waals surface area contributed by atoms with Crippen LogP contribution in [-0.2, 0) is 0 Å². The molecule has 0 unspecified atom stereocenters. The minimum absolute atomic E-state index is 0.697. The second kappa shape index (κ2) is 2.73. The average Bonchev–Trinajstić information content (AvgIpc) is 1.88. The summed E-state index contributed by atoms with van der Waals surface area (Å²) < 4.78 is 0. The highest BCUT2D eigenvalue weighted by atomic mass is 14.9. The van der Waals surface area contributed by atoms with Crippen molar-refractivity contribution >= 4 is 19.1 Å². The van der Waals surface area contributed by atoms with Crippen LogP contribution in [0.1, 0.15) is 5.56 Å². The Morgan fingerprint density at radius 1 is 1.60 bits per heavy atom. The number of nitrogens with one attached hydrogen (secondary N) is 1. The van der Waals surface area contributed by atoms with Crippen molar-refractivity contribution in [3.05, 3.63) is 17.8 Å². The maximum absolute atomic E-state index is 5.61. The van der Waals surface area contributed by atoms with Gasteiger partial charge in [0, 0.05) is 13.2 Å². The Labute approximate surface area is 62.1 Å². The molecule has 0 bridgehead atoms. The summed E-state index contributed by atoms with van der Waals surface area (Å²) in [5.74, 6) is 0.741. The predicted molar refractivity (Wildman–Crippen MR) is 43.9 cm³/mol. The number of hydrogen-bond donors (Lipinski definition) is 1. The van der Waals surface area contributed by atoms with Crippen LogP contribution in [0.25, 0.3) is 0 Å². The molecule has 2 radical (unpaired) electrons. The number of aryl methyl sites for hydroxylation is 1. The predicted octanol–water partition coefficient (Wildman–Crippen LogP) is 0.226. The topological polar surface area (TPSA) is 24.9 Å². The number of pyridine rings is 1. The molecule has 1 aromatic heterocycles. The van der Waals surface area contributed by atoms with Crippen LogP contribution in [0.5, 0.6) is 0 Å². The molecule has 0 saturated heterocycles. The smallest absolute Gasteiger partial charge is 0.118 e. The van der Waals surface area contributed by atoms with Crippen LogP contribution in [-0.4, -0.2) is 19.9 Å². The fourth-order valence-electron chi connectivity index (χ4n) is 0.801. The average molecular weight is 132 g/mol. The molecule has 50 valence electrons. The van der Waals surface area contributed by atoms with Crippen molar-refractivity contribution in [2.24, 2.45) is 0 Å². The summed E-state index contributed by atoms with van der Waals surface area (Å²) in [6.07, 6.45) is 1.78. The van der Waals surface area contributed by atoms with Gasteiger partial charge in [0.25, 0.3) is 0 Å². The molecule has 0 amide bonds. The van der Waals surface area contributed by atoms with E-state index in [0.717, 1.165) is 11.4 Å². The SMILES string of the molecule is [B]c1cc(C)cnc1NC. The molecule has 0 fully saturated rings. The van der Waals surface area contributed by atoms with Gasteiger partial charge in [0.05, 0.1) is 0 Å². The number of rotatable bonds is 1. The molecule has 0 atom stereocenters. The van der Waals surface area contributed by atoms with E-state index in [4.69, 9.17) is 7.85 Å². The van der Waals surface area contributed by atoms with Gasteiger partial charge in [0.1, 0.15) is 13.7 Å². The molecule has 0 aromatic carbocycles. The minimum Gasteiger partial charge on any atom is -0.374 e. The quantitative estimate of drug-likeness (QED) is 0.553. The van der Waals surface area contributed by atoms with Crippen molar-refractivity contribution < 1.29 is 0 Å². The van der Waals surface area contributed by atoms with Crippen LogP contribution >= 0.6 is 0 Å². The van der Waals surface area contributed by atoms with Crippen LogP contribution in [0.15, 0.2) is 12.3 Å². The van der Waals surface area contributed by atoms with Crippen molar-refractivity contribution in [1.29, 1.82) is 0 Å². The van der Waals surface area contributed by atoms with Gasteiger partial charge in [-0.25, -0.2) is 4.98 Å². The summed E-state index contributed by atoms with van der Waals surface area (Å²) in [6.45, 7) is 1.96. The van der Waals surface area contributed by atoms with Gasteiger partial charge < -0.3 is 5.32 Å². The third-order valence-electron chi connectivity index (χ3n) is 1.29. The molecule has 0 aliphatic carbocycles. The zero-order chi connectivity index (χ0) is 7.56. The van der Waals surface area contributed by atoms with Crippen molar-refractivity contribution in [1.82, 2.24) is 4.98 Å². The molecule has 0 aliphatic heterocycles. The normalized spacial score (nSPS) is 9.40. The molecule has 1 N–H and O–H groups in total. The Morgan fingerprint density at radius 2 is 2.30 bits per heavy atom. The molecule has 0 saturated carbocycles. The van der Waals surface area contributed by atoms with E-state index in [9.17, 15) is 0 Å². The van der Waals surface area contributed by atoms with E-state index < -0.39 is 0 Å². The van der Waals surface area contributed by atoms with E-state index in [2.05, 4.69) is 10.3 Å². The lowest BCUT2D eigenvalue weighted by atomic mass is 9.96. The van der Waals surface area contributed by atoms with Gasteiger partial charge in [-0.05, 0) is 12.5 Å². The number of nitrogens with zero attached hydrogens (tertiary/aromatic N) is 1. The maximum atomic E-state index is 5.61. The third kappa shape index (κ3) is 1.29. The lowest BCUT2D eigenvalue weighted by Crippen LogP contribution is -2.11. The van der Waals surface area contributed by atoms with E-state index in [1.54, 1.807) is 13.2 Å². The van der Waals surface area contributed by atoms with Crippen molar-refractivity contribution in [2.75, 3.05) is 12.4 Å². The van der Waals surface area contributed by atoms with Crippen LogP contribution in [0.3, 0.4) is 0 Å². The molecule has 0 spiro atoms. The lowest BCUT2D eigenvalue weighted by Gasteiger charge is -2.03. The van der Waals surface area contributed by atoms with Crippen molar-refractivity contribution in [2.45, 2.75) is 6.92 Å². The zero-order valence-electron chi connectivity index (χ0n) is 6.18. The van der Waals surface area contributed by atoms with Gasteiger partial charge in [-0.3, -0.25) is 0 Å². The van der Waals surface area contributed by atoms with E-state index in [1.165, 1.54) is 0 Å². The molecule has 1 rings (SSSR count). The molecular weight excluding hydrogens is 123 g/mol. The number of hydrogen-bond acceptors (Lipinski definition) is 2. The Morgan fingerprint density at radius 3 is 2.80 bits per heavy atom. The number of anilines is 1. The molecule has 1 aromatic rings. The Kier molecular flexibility index (Phi) is 1.95. The Hall–Kier alpha value is -0.985. The first-order chi connectivity index (χ1) is 4.74. The number of aromatic nitrogens is 1. The van der Waals surface area contributed by atoms with Crippen LogP contribution in [0.2, 0.25) is 0 Å². The highest BCUT2D eigenvalue weighted by Crippen LogP contribution is 1.97. The standard InChI is InChI=1S/C7H9BN2/c1-5-3-6(8)7(9-2)10-4-5/h3-4H,1-2H3,(H,9,10). The molecular formula is C7H9BN2. The molecule has 1 heterocycles. The molecule has 3 heteroatoms. The summed E-state index contributed by atoms with van der Waals surface area (Å²) in [7, 11) is 7.41. The van der Waals surface area contributed by atoms with E-state index in [0.29, 0.717) is 5.46 Å². The summed E-state index contributed by atoms with van der Waals surface area (Å²) in [5, 5.41) is 2.89. The van der Waals surface area contributed by atoms with Crippen LogP contribution < -0.4 is 10.8 Å². The van der Waals surface area contributed by atoms with Gasteiger partial charge in [0.15, 0.2) is 0 Å². The fraction of sp³-hybridized carbons (Fsp3) is 0.286. The largest absolute Gasteiger partial charge is 0.374 e. The van der Waals surface area contributed by atoms with Crippen LogP contribution in [0, 0.1) is 6.92 Å². The van der Waals surface area contributed by atoms with Crippen LogP contribution in [0.4, 0.5) is 5.82 Å². The summed E-state index contributed by atoms with van der Waals surface area (Å²) in [4.78, 5) is 4.06. The van der Waals surface area contributed by atoms with E-state index in [-0.39, 0.29) is 0 Å². The summed E-state index contributed by atoms with van der Waals surface area (Å²) in [6, 6.07) is 1.89. The highest BCUT2D eigenvalue weighted by molar-refractivity contribution is 6.35. The lowest BCUT2D eigenvalue weighted by molar-refractivity contribution is 1.26.